The maximum atomic E-state index is 11.1. The highest BCUT2D eigenvalue weighted by atomic mass is 16.5. The van der Waals surface area contributed by atoms with Crippen LogP contribution in [0.15, 0.2) is 12.2 Å². The molecule has 0 bridgehead atoms. The number of aliphatic hydroxyl groups is 1. The number of hydrogen-bond donors (Lipinski definition) is 1. The Bertz CT molecular complexity index is 223. The molecule has 0 aliphatic heterocycles. The van der Waals surface area contributed by atoms with Crippen LogP contribution in [0.2, 0.25) is 0 Å². The molecule has 0 fully saturated rings. The Morgan fingerprint density at radius 3 is 2.86 bits per heavy atom. The Labute approximate surface area is 84.8 Å². The molecule has 3 nitrogen and oxygen atoms in total. The van der Waals surface area contributed by atoms with Gasteiger partial charge < -0.3 is 9.84 Å². The molecule has 0 aromatic carbocycles. The molecular weight excluding hydrogens is 180 g/mol. The minimum atomic E-state index is -0.849. The van der Waals surface area contributed by atoms with E-state index in [2.05, 4.69) is 16.9 Å². The fourth-order valence-electron chi connectivity index (χ4n) is 1.78. The quantitative estimate of drug-likeness (QED) is 0.543. The molecule has 14 heavy (non-hydrogen) atoms. The van der Waals surface area contributed by atoms with E-state index in [4.69, 9.17) is 0 Å². The van der Waals surface area contributed by atoms with Crippen LogP contribution in [0.5, 0.6) is 0 Å². The van der Waals surface area contributed by atoms with E-state index in [1.54, 1.807) is 0 Å². The molecule has 1 N–H and O–H groups in total. The monoisotopic (exact) mass is 198 g/mol. The standard InChI is InChI=1S/C11H18O3/c1-14-10(12)9-11(13)7-5-3-2-4-6-8-11/h2-3,13H,4-9H2,1H3/b3-2+/t11-/m1/s1. The van der Waals surface area contributed by atoms with E-state index in [9.17, 15) is 9.90 Å². The third kappa shape index (κ3) is 3.50. The van der Waals surface area contributed by atoms with Crippen molar-refractivity contribution >= 4 is 5.97 Å². The first-order chi connectivity index (χ1) is 6.66. The molecule has 0 aromatic rings. The summed E-state index contributed by atoms with van der Waals surface area (Å²) in [5, 5.41) is 10.1. The van der Waals surface area contributed by atoms with Crippen molar-refractivity contribution < 1.29 is 14.6 Å². The van der Waals surface area contributed by atoms with Gasteiger partial charge in [0.15, 0.2) is 0 Å². The molecule has 0 saturated heterocycles. The summed E-state index contributed by atoms with van der Waals surface area (Å²) in [5.74, 6) is -0.322. The zero-order valence-electron chi connectivity index (χ0n) is 8.66. The van der Waals surface area contributed by atoms with Crippen molar-refractivity contribution in [2.45, 2.75) is 44.1 Å². The van der Waals surface area contributed by atoms with Gasteiger partial charge in [-0.05, 0) is 32.1 Å². The first kappa shape index (κ1) is 11.2. The third-order valence-corrected chi connectivity index (χ3v) is 2.66. The summed E-state index contributed by atoms with van der Waals surface area (Å²) in [6, 6.07) is 0. The van der Waals surface area contributed by atoms with Crippen LogP contribution in [0, 0.1) is 0 Å². The summed E-state index contributed by atoms with van der Waals surface area (Å²) in [7, 11) is 1.36. The maximum absolute atomic E-state index is 11.1. The van der Waals surface area contributed by atoms with E-state index in [0.29, 0.717) is 12.8 Å². The molecule has 0 saturated carbocycles. The molecular formula is C11H18O3. The van der Waals surface area contributed by atoms with Crippen LogP contribution >= 0.6 is 0 Å². The van der Waals surface area contributed by atoms with E-state index >= 15 is 0 Å². The van der Waals surface area contributed by atoms with Gasteiger partial charge in [-0.25, -0.2) is 0 Å². The van der Waals surface area contributed by atoms with Crippen molar-refractivity contribution in [2.75, 3.05) is 7.11 Å². The molecule has 0 radical (unpaired) electrons. The van der Waals surface area contributed by atoms with Crippen molar-refractivity contribution in [3.8, 4) is 0 Å². The highest BCUT2D eigenvalue weighted by Crippen LogP contribution is 2.26. The van der Waals surface area contributed by atoms with Crippen LogP contribution in [0.1, 0.15) is 38.5 Å². The lowest BCUT2D eigenvalue weighted by molar-refractivity contribution is -0.146. The smallest absolute Gasteiger partial charge is 0.308 e. The Balaban J connectivity index is 2.52. The highest BCUT2D eigenvalue weighted by molar-refractivity contribution is 5.70. The second-order valence-electron chi connectivity index (χ2n) is 3.88. The molecule has 0 spiro atoms. The Kier molecular flexibility index (Phi) is 4.14. The van der Waals surface area contributed by atoms with E-state index in [1.165, 1.54) is 7.11 Å². The van der Waals surface area contributed by atoms with Gasteiger partial charge in [0.1, 0.15) is 0 Å². The van der Waals surface area contributed by atoms with Crippen LogP contribution in [0.25, 0.3) is 0 Å². The van der Waals surface area contributed by atoms with Gasteiger partial charge in [-0.2, -0.15) is 0 Å². The molecule has 1 aliphatic rings. The summed E-state index contributed by atoms with van der Waals surface area (Å²) < 4.78 is 4.57. The lowest BCUT2D eigenvalue weighted by Crippen LogP contribution is -2.32. The van der Waals surface area contributed by atoms with Crippen molar-refractivity contribution in [1.82, 2.24) is 0 Å². The van der Waals surface area contributed by atoms with Crippen LogP contribution in [0.3, 0.4) is 0 Å². The molecule has 0 heterocycles. The summed E-state index contributed by atoms with van der Waals surface area (Å²) in [4.78, 5) is 11.1. The number of carbonyl (C=O) groups excluding carboxylic acids is 1. The Morgan fingerprint density at radius 1 is 1.43 bits per heavy atom. The summed E-state index contributed by atoms with van der Waals surface area (Å²) in [5.41, 5.74) is -0.849. The van der Waals surface area contributed by atoms with Gasteiger partial charge >= 0.3 is 5.97 Å². The zero-order valence-corrected chi connectivity index (χ0v) is 8.66. The topological polar surface area (TPSA) is 46.5 Å². The average Bonchev–Trinajstić information content (AvgIpc) is 2.12. The van der Waals surface area contributed by atoms with Crippen molar-refractivity contribution in [1.29, 1.82) is 0 Å². The SMILES string of the molecule is COC(=O)C[C@@]1(O)CC/C=C/CCC1. The molecule has 1 rings (SSSR count). The first-order valence-corrected chi connectivity index (χ1v) is 5.10. The minimum Gasteiger partial charge on any atom is -0.469 e. The number of rotatable bonds is 2. The number of carbonyl (C=O) groups is 1. The maximum Gasteiger partial charge on any atom is 0.308 e. The summed E-state index contributed by atoms with van der Waals surface area (Å²) in [6.07, 6.45) is 8.43. The normalized spacial score (nSPS) is 30.1. The van der Waals surface area contributed by atoms with Crippen LogP contribution in [-0.2, 0) is 9.53 Å². The van der Waals surface area contributed by atoms with Gasteiger partial charge in [-0.15, -0.1) is 0 Å². The second kappa shape index (κ2) is 5.15. The molecule has 80 valence electrons. The predicted octanol–water partition coefficient (Wildman–Crippen LogP) is 1.80. The van der Waals surface area contributed by atoms with Crippen molar-refractivity contribution in [3.63, 3.8) is 0 Å². The van der Waals surface area contributed by atoms with E-state index in [0.717, 1.165) is 19.3 Å². The summed E-state index contributed by atoms with van der Waals surface area (Å²) in [6.45, 7) is 0. The number of esters is 1. The van der Waals surface area contributed by atoms with Crippen molar-refractivity contribution in [2.24, 2.45) is 0 Å². The zero-order chi connectivity index (χ0) is 10.4. The Hall–Kier alpha value is -0.830. The summed E-state index contributed by atoms with van der Waals surface area (Å²) >= 11 is 0. The van der Waals surface area contributed by atoms with Crippen LogP contribution in [0.4, 0.5) is 0 Å². The second-order valence-corrected chi connectivity index (χ2v) is 3.88. The van der Waals surface area contributed by atoms with Gasteiger partial charge in [-0.1, -0.05) is 12.2 Å². The number of ether oxygens (including phenoxy) is 1. The van der Waals surface area contributed by atoms with Gasteiger partial charge in [0, 0.05) is 0 Å². The first-order valence-electron chi connectivity index (χ1n) is 5.10. The van der Waals surface area contributed by atoms with Gasteiger partial charge in [-0.3, -0.25) is 4.79 Å². The molecule has 1 aliphatic carbocycles. The lowest BCUT2D eigenvalue weighted by Gasteiger charge is -2.27. The predicted molar refractivity (Wildman–Crippen MR) is 53.8 cm³/mol. The van der Waals surface area contributed by atoms with Crippen molar-refractivity contribution in [3.05, 3.63) is 12.2 Å². The fraction of sp³-hybridized carbons (Fsp3) is 0.727. The average molecular weight is 198 g/mol. The molecule has 3 heteroatoms. The Morgan fingerprint density at radius 2 is 2.14 bits per heavy atom. The number of hydrogen-bond acceptors (Lipinski definition) is 3. The fourth-order valence-corrected chi connectivity index (χ4v) is 1.78. The molecule has 1 atom stereocenters. The lowest BCUT2D eigenvalue weighted by atomic mass is 9.86. The van der Waals surface area contributed by atoms with Crippen LogP contribution in [-0.4, -0.2) is 23.8 Å². The molecule has 0 amide bonds. The van der Waals surface area contributed by atoms with Gasteiger partial charge in [0.05, 0.1) is 19.1 Å². The highest BCUT2D eigenvalue weighted by Gasteiger charge is 2.29. The molecule has 0 unspecified atom stereocenters. The van der Waals surface area contributed by atoms with Crippen LogP contribution < -0.4 is 0 Å². The largest absolute Gasteiger partial charge is 0.469 e. The van der Waals surface area contributed by atoms with Gasteiger partial charge in [0.25, 0.3) is 0 Å². The van der Waals surface area contributed by atoms with E-state index in [1.807, 2.05) is 0 Å². The minimum absolute atomic E-state index is 0.122. The number of methoxy groups -OCH3 is 1. The number of allylic oxidation sites excluding steroid dienone is 2. The van der Waals surface area contributed by atoms with E-state index in [-0.39, 0.29) is 12.4 Å². The third-order valence-electron chi connectivity index (χ3n) is 2.66. The molecule has 0 aromatic heterocycles. The van der Waals surface area contributed by atoms with Gasteiger partial charge in [0.2, 0.25) is 0 Å². The van der Waals surface area contributed by atoms with E-state index < -0.39 is 5.60 Å².